The number of aryl methyl sites for hydroxylation is 2. The third-order valence-corrected chi connectivity index (χ3v) is 4.96. The number of hydrogen-bond donors (Lipinski definition) is 2. The molecule has 0 fully saturated rings. The molecule has 0 atom stereocenters. The molecule has 0 aliphatic carbocycles. The van der Waals surface area contributed by atoms with E-state index >= 15 is 0 Å². The zero-order valence-electron chi connectivity index (χ0n) is 17.1. The van der Waals surface area contributed by atoms with Crippen LogP contribution in [0.4, 0.5) is 14.9 Å². The Morgan fingerprint density at radius 3 is 2.29 bits per heavy atom. The molecule has 8 heteroatoms. The van der Waals surface area contributed by atoms with E-state index in [4.69, 9.17) is 4.74 Å². The number of amides is 2. The van der Waals surface area contributed by atoms with Gasteiger partial charge in [0.25, 0.3) is 0 Å². The summed E-state index contributed by atoms with van der Waals surface area (Å²) in [7, 11) is 3.35. The van der Waals surface area contributed by atoms with Crippen molar-refractivity contribution in [1.29, 1.82) is 0 Å². The van der Waals surface area contributed by atoms with Crippen molar-refractivity contribution in [3.05, 3.63) is 88.6 Å². The van der Waals surface area contributed by atoms with Gasteiger partial charge in [0.15, 0.2) is 5.75 Å². The molecule has 0 aliphatic rings. The first-order chi connectivity index (χ1) is 14.9. The van der Waals surface area contributed by atoms with Crippen LogP contribution >= 0.6 is 0 Å². The van der Waals surface area contributed by atoms with Crippen LogP contribution in [0.1, 0.15) is 5.56 Å². The van der Waals surface area contributed by atoms with Crippen LogP contribution in [0.15, 0.2) is 71.5 Å². The topological polar surface area (TPSA) is 77.3 Å². The van der Waals surface area contributed by atoms with Crippen LogP contribution < -0.4 is 21.1 Å². The Bertz CT molecular complexity index is 1290. The third-order valence-electron chi connectivity index (χ3n) is 4.96. The normalized spacial score (nSPS) is 10.8. The van der Waals surface area contributed by atoms with Crippen molar-refractivity contribution in [2.24, 2.45) is 14.1 Å². The number of aromatic nitrogens is 2. The maximum absolute atomic E-state index is 13.0. The van der Waals surface area contributed by atoms with E-state index in [0.717, 1.165) is 5.56 Å². The molecule has 4 aromatic rings. The third kappa shape index (κ3) is 4.28. The van der Waals surface area contributed by atoms with Gasteiger partial charge in [0, 0.05) is 26.7 Å². The SMILES string of the molecule is Cn1c(=O)n(C)c2cc(Oc3ccccc3)c(NC(=O)NCc3ccc(F)cc3)cc21. The van der Waals surface area contributed by atoms with Crippen molar-refractivity contribution in [3.8, 4) is 11.5 Å². The molecule has 7 nitrogen and oxygen atoms in total. The number of imidazole rings is 1. The lowest BCUT2D eigenvalue weighted by Gasteiger charge is -2.14. The van der Waals surface area contributed by atoms with Gasteiger partial charge in [-0.3, -0.25) is 9.13 Å². The zero-order chi connectivity index (χ0) is 22.0. The number of fused-ring (bicyclic) bond motifs is 1. The van der Waals surface area contributed by atoms with Gasteiger partial charge in [-0.05, 0) is 35.9 Å². The van der Waals surface area contributed by atoms with Gasteiger partial charge in [0.05, 0.1) is 16.7 Å². The highest BCUT2D eigenvalue weighted by Gasteiger charge is 2.16. The van der Waals surface area contributed by atoms with Gasteiger partial charge in [0.2, 0.25) is 0 Å². The molecule has 0 unspecified atom stereocenters. The highest BCUT2D eigenvalue weighted by atomic mass is 19.1. The number of para-hydroxylation sites is 1. The smallest absolute Gasteiger partial charge is 0.328 e. The summed E-state index contributed by atoms with van der Waals surface area (Å²) in [6.07, 6.45) is 0. The van der Waals surface area contributed by atoms with Crippen LogP contribution in [0.5, 0.6) is 11.5 Å². The molecule has 31 heavy (non-hydrogen) atoms. The summed E-state index contributed by atoms with van der Waals surface area (Å²) >= 11 is 0. The van der Waals surface area contributed by atoms with Crippen molar-refractivity contribution < 1.29 is 13.9 Å². The molecule has 3 aromatic carbocycles. The average molecular weight is 420 g/mol. The van der Waals surface area contributed by atoms with E-state index in [2.05, 4.69) is 10.6 Å². The Morgan fingerprint density at radius 2 is 1.61 bits per heavy atom. The van der Waals surface area contributed by atoms with Gasteiger partial charge in [0.1, 0.15) is 11.6 Å². The second-order valence-electron chi connectivity index (χ2n) is 7.09. The predicted octanol–water partition coefficient (Wildman–Crippen LogP) is 4.13. The molecule has 0 bridgehead atoms. The molecule has 0 saturated heterocycles. The largest absolute Gasteiger partial charge is 0.455 e. The number of hydrogen-bond acceptors (Lipinski definition) is 3. The van der Waals surface area contributed by atoms with Crippen molar-refractivity contribution in [2.45, 2.75) is 6.54 Å². The molecule has 0 radical (unpaired) electrons. The number of halogens is 1. The van der Waals surface area contributed by atoms with Gasteiger partial charge in [-0.2, -0.15) is 0 Å². The van der Waals surface area contributed by atoms with Gasteiger partial charge in [-0.1, -0.05) is 30.3 Å². The predicted molar refractivity (Wildman–Crippen MR) is 117 cm³/mol. The van der Waals surface area contributed by atoms with Crippen LogP contribution in [0.2, 0.25) is 0 Å². The summed E-state index contributed by atoms with van der Waals surface area (Å²) < 4.78 is 22.1. The van der Waals surface area contributed by atoms with Crippen LogP contribution in [0.25, 0.3) is 11.0 Å². The minimum atomic E-state index is -0.456. The number of carbonyl (C=O) groups is 1. The maximum atomic E-state index is 13.0. The van der Waals surface area contributed by atoms with E-state index in [0.29, 0.717) is 28.2 Å². The van der Waals surface area contributed by atoms with E-state index in [9.17, 15) is 14.0 Å². The van der Waals surface area contributed by atoms with Crippen molar-refractivity contribution in [1.82, 2.24) is 14.5 Å². The van der Waals surface area contributed by atoms with E-state index in [1.54, 1.807) is 50.5 Å². The van der Waals surface area contributed by atoms with E-state index in [-0.39, 0.29) is 18.1 Å². The lowest BCUT2D eigenvalue weighted by Crippen LogP contribution is -2.28. The van der Waals surface area contributed by atoms with Crippen LogP contribution in [-0.2, 0) is 20.6 Å². The molecule has 1 heterocycles. The number of benzene rings is 3. The molecule has 2 amide bonds. The molecule has 0 saturated carbocycles. The molecular weight excluding hydrogens is 399 g/mol. The van der Waals surface area contributed by atoms with Gasteiger partial charge in [-0.25, -0.2) is 14.0 Å². The van der Waals surface area contributed by atoms with E-state index < -0.39 is 6.03 Å². The lowest BCUT2D eigenvalue weighted by atomic mass is 10.2. The summed E-state index contributed by atoms with van der Waals surface area (Å²) in [6, 6.07) is 18.0. The first-order valence-corrected chi connectivity index (χ1v) is 9.64. The number of rotatable bonds is 5. The van der Waals surface area contributed by atoms with Crippen molar-refractivity contribution in [2.75, 3.05) is 5.32 Å². The van der Waals surface area contributed by atoms with Crippen LogP contribution in [-0.4, -0.2) is 15.2 Å². The van der Waals surface area contributed by atoms with Crippen LogP contribution in [0, 0.1) is 5.82 Å². The molecule has 158 valence electrons. The Morgan fingerprint density at radius 1 is 0.968 bits per heavy atom. The Kier molecular flexibility index (Phi) is 5.44. The molecule has 0 spiro atoms. The van der Waals surface area contributed by atoms with E-state index in [1.165, 1.54) is 21.3 Å². The summed E-state index contributed by atoms with van der Waals surface area (Å²) in [4.78, 5) is 24.9. The highest BCUT2D eigenvalue weighted by molar-refractivity contribution is 5.94. The second kappa shape index (κ2) is 8.35. The fourth-order valence-electron chi connectivity index (χ4n) is 3.27. The zero-order valence-corrected chi connectivity index (χ0v) is 17.1. The Hall–Kier alpha value is -4.07. The minimum absolute atomic E-state index is 0.182. The highest BCUT2D eigenvalue weighted by Crippen LogP contribution is 2.33. The summed E-state index contributed by atoms with van der Waals surface area (Å²) in [5.41, 5.74) is 2.32. The minimum Gasteiger partial charge on any atom is -0.455 e. The second-order valence-corrected chi connectivity index (χ2v) is 7.09. The Labute approximate surface area is 177 Å². The van der Waals surface area contributed by atoms with Gasteiger partial charge < -0.3 is 15.4 Å². The van der Waals surface area contributed by atoms with Gasteiger partial charge in [-0.15, -0.1) is 0 Å². The maximum Gasteiger partial charge on any atom is 0.328 e. The van der Waals surface area contributed by atoms with Crippen molar-refractivity contribution in [3.63, 3.8) is 0 Å². The molecular formula is C23H21FN4O3. The molecule has 2 N–H and O–H groups in total. The average Bonchev–Trinajstić information content (AvgIpc) is 2.98. The number of nitrogens with one attached hydrogen (secondary N) is 2. The quantitative estimate of drug-likeness (QED) is 0.510. The number of nitrogens with zero attached hydrogens (tertiary/aromatic N) is 2. The number of carbonyl (C=O) groups excluding carboxylic acids is 1. The first kappa shape index (κ1) is 20.2. The molecule has 1 aromatic heterocycles. The number of ether oxygens (including phenoxy) is 1. The molecule has 0 aliphatic heterocycles. The first-order valence-electron chi connectivity index (χ1n) is 9.64. The molecule has 4 rings (SSSR count). The lowest BCUT2D eigenvalue weighted by molar-refractivity contribution is 0.251. The van der Waals surface area contributed by atoms with Crippen molar-refractivity contribution >= 4 is 22.8 Å². The van der Waals surface area contributed by atoms with Gasteiger partial charge >= 0.3 is 11.7 Å². The fraction of sp³-hybridized carbons (Fsp3) is 0.130. The summed E-state index contributed by atoms with van der Waals surface area (Å²) in [5.74, 6) is 0.659. The fourth-order valence-corrected chi connectivity index (χ4v) is 3.27. The van der Waals surface area contributed by atoms with Crippen LogP contribution in [0.3, 0.4) is 0 Å². The standard InChI is InChI=1S/C23H21FN4O3/c1-27-19-12-18(26-22(29)25-14-15-8-10-16(24)11-9-15)21(13-20(19)28(2)23(27)30)31-17-6-4-3-5-7-17/h3-13H,14H2,1-2H3,(H2,25,26,29). The number of urea groups is 1. The summed E-state index contributed by atoms with van der Waals surface area (Å²) in [6.45, 7) is 0.229. The summed E-state index contributed by atoms with van der Waals surface area (Å²) in [5, 5.41) is 5.52. The van der Waals surface area contributed by atoms with E-state index in [1.807, 2.05) is 18.2 Å². The monoisotopic (exact) mass is 420 g/mol. The number of anilines is 1. The Balaban J connectivity index is 1.63.